The Morgan fingerprint density at radius 1 is 1.29 bits per heavy atom. The van der Waals surface area contributed by atoms with Crippen LogP contribution >= 0.6 is 0 Å². The minimum absolute atomic E-state index is 0.0387. The number of hydrogen-bond donors (Lipinski definition) is 1. The fourth-order valence-corrected chi connectivity index (χ4v) is 1.89. The number of benzene rings is 2. The van der Waals surface area contributed by atoms with Gasteiger partial charge >= 0.3 is 5.97 Å². The molecule has 0 aromatic heterocycles. The Morgan fingerprint density at radius 2 is 2.00 bits per heavy atom. The Hall–Kier alpha value is -2.89. The van der Waals surface area contributed by atoms with Gasteiger partial charge in [0, 0.05) is 11.1 Å². The standard InChI is InChI=1S/C15H13NO5/c1-10-6-7-12(9-13(10)16(19)20)21-14-5-3-2-4-11(14)8-15(17)18/h2-7,9H,8H2,1H3,(H,17,18). The predicted molar refractivity (Wildman–Crippen MR) is 75.7 cm³/mol. The monoisotopic (exact) mass is 287 g/mol. The number of para-hydroxylation sites is 1. The molecule has 0 unspecified atom stereocenters. The molecule has 6 heteroatoms. The van der Waals surface area contributed by atoms with Gasteiger partial charge in [-0.15, -0.1) is 0 Å². The zero-order valence-corrected chi connectivity index (χ0v) is 11.3. The van der Waals surface area contributed by atoms with E-state index >= 15 is 0 Å². The van der Waals surface area contributed by atoms with Gasteiger partial charge in [0.1, 0.15) is 11.5 Å². The van der Waals surface area contributed by atoms with Crippen LogP contribution in [0.25, 0.3) is 0 Å². The van der Waals surface area contributed by atoms with Gasteiger partial charge < -0.3 is 9.84 Å². The van der Waals surface area contributed by atoms with Gasteiger partial charge in [0.15, 0.2) is 0 Å². The van der Waals surface area contributed by atoms with Crippen LogP contribution in [-0.4, -0.2) is 16.0 Å². The van der Waals surface area contributed by atoms with Crippen LogP contribution in [0.4, 0.5) is 5.69 Å². The van der Waals surface area contributed by atoms with Gasteiger partial charge in [-0.3, -0.25) is 14.9 Å². The Morgan fingerprint density at radius 3 is 2.67 bits per heavy atom. The molecule has 0 aliphatic carbocycles. The van der Waals surface area contributed by atoms with Gasteiger partial charge in [-0.05, 0) is 25.1 Å². The second-order valence-corrected chi connectivity index (χ2v) is 4.49. The van der Waals surface area contributed by atoms with E-state index in [-0.39, 0.29) is 12.1 Å². The fourth-order valence-electron chi connectivity index (χ4n) is 1.89. The molecule has 21 heavy (non-hydrogen) atoms. The fraction of sp³-hybridized carbons (Fsp3) is 0.133. The summed E-state index contributed by atoms with van der Waals surface area (Å²) in [6, 6.07) is 11.2. The van der Waals surface area contributed by atoms with Crippen molar-refractivity contribution in [1.82, 2.24) is 0 Å². The summed E-state index contributed by atoms with van der Waals surface area (Å²) in [4.78, 5) is 21.2. The maximum Gasteiger partial charge on any atom is 0.307 e. The van der Waals surface area contributed by atoms with Crippen LogP contribution in [0, 0.1) is 17.0 Å². The summed E-state index contributed by atoms with van der Waals surface area (Å²) in [7, 11) is 0. The lowest BCUT2D eigenvalue weighted by Crippen LogP contribution is -2.02. The van der Waals surface area contributed by atoms with Gasteiger partial charge in [-0.1, -0.05) is 18.2 Å². The van der Waals surface area contributed by atoms with Crippen LogP contribution in [0.15, 0.2) is 42.5 Å². The van der Waals surface area contributed by atoms with Crippen molar-refractivity contribution in [2.24, 2.45) is 0 Å². The molecule has 0 atom stereocenters. The number of nitro groups is 1. The second-order valence-electron chi connectivity index (χ2n) is 4.49. The molecule has 0 bridgehead atoms. The summed E-state index contributed by atoms with van der Waals surface area (Å²) in [6.07, 6.45) is -0.176. The minimum atomic E-state index is -0.971. The molecule has 0 aliphatic rings. The van der Waals surface area contributed by atoms with Crippen molar-refractivity contribution >= 4 is 11.7 Å². The summed E-state index contributed by atoms with van der Waals surface area (Å²) in [5, 5.41) is 19.8. The van der Waals surface area contributed by atoms with Crippen molar-refractivity contribution in [1.29, 1.82) is 0 Å². The molecule has 0 radical (unpaired) electrons. The summed E-state index contributed by atoms with van der Waals surface area (Å²) in [5.41, 5.74) is 1.00. The Labute approximate surface area is 120 Å². The molecule has 0 amide bonds. The number of carbonyl (C=O) groups is 1. The van der Waals surface area contributed by atoms with Gasteiger partial charge in [-0.2, -0.15) is 0 Å². The number of aryl methyl sites for hydroxylation is 1. The maximum atomic E-state index is 10.9. The molecule has 0 saturated carbocycles. The number of hydrogen-bond acceptors (Lipinski definition) is 4. The first kappa shape index (κ1) is 14.5. The highest BCUT2D eigenvalue weighted by Gasteiger charge is 2.13. The molecule has 0 spiro atoms. The molecule has 0 saturated heterocycles. The number of aliphatic carboxylic acids is 1. The average Bonchev–Trinajstić information content (AvgIpc) is 2.42. The van der Waals surface area contributed by atoms with E-state index in [4.69, 9.17) is 9.84 Å². The Balaban J connectivity index is 2.32. The smallest absolute Gasteiger partial charge is 0.307 e. The van der Waals surface area contributed by atoms with Crippen LogP contribution in [0.3, 0.4) is 0 Å². The van der Waals surface area contributed by atoms with Gasteiger partial charge in [0.25, 0.3) is 5.69 Å². The molecule has 6 nitrogen and oxygen atoms in total. The average molecular weight is 287 g/mol. The first-order valence-corrected chi connectivity index (χ1v) is 6.20. The van der Waals surface area contributed by atoms with Gasteiger partial charge in [-0.25, -0.2) is 0 Å². The maximum absolute atomic E-state index is 10.9. The van der Waals surface area contributed by atoms with Crippen LogP contribution in [0.2, 0.25) is 0 Å². The van der Waals surface area contributed by atoms with Crippen LogP contribution in [0.1, 0.15) is 11.1 Å². The SMILES string of the molecule is Cc1ccc(Oc2ccccc2CC(=O)O)cc1[N+](=O)[O-]. The van der Waals surface area contributed by atoms with Gasteiger partial charge in [0.05, 0.1) is 17.4 Å². The van der Waals surface area contributed by atoms with Gasteiger partial charge in [0.2, 0.25) is 0 Å². The molecule has 0 fully saturated rings. The number of nitro benzene ring substituents is 1. The summed E-state index contributed by atoms with van der Waals surface area (Å²) in [6.45, 7) is 1.64. The van der Waals surface area contributed by atoms with Crippen molar-refractivity contribution in [3.63, 3.8) is 0 Å². The van der Waals surface area contributed by atoms with Crippen LogP contribution < -0.4 is 4.74 Å². The molecular weight excluding hydrogens is 274 g/mol. The second kappa shape index (κ2) is 6.04. The number of nitrogens with zero attached hydrogens (tertiary/aromatic N) is 1. The van der Waals surface area contributed by atoms with E-state index in [9.17, 15) is 14.9 Å². The predicted octanol–water partition coefficient (Wildman–Crippen LogP) is 3.32. The molecule has 0 heterocycles. The summed E-state index contributed by atoms with van der Waals surface area (Å²) < 4.78 is 5.59. The van der Waals surface area contributed by atoms with Crippen LogP contribution in [0.5, 0.6) is 11.5 Å². The quantitative estimate of drug-likeness (QED) is 0.673. The summed E-state index contributed by atoms with van der Waals surface area (Å²) in [5.74, 6) is -0.302. The van der Waals surface area contributed by atoms with E-state index in [1.165, 1.54) is 6.07 Å². The zero-order chi connectivity index (χ0) is 15.4. The van der Waals surface area contributed by atoms with E-state index < -0.39 is 10.9 Å². The number of rotatable bonds is 5. The number of ether oxygens (including phenoxy) is 1. The molecule has 2 aromatic carbocycles. The third kappa shape index (κ3) is 3.56. The summed E-state index contributed by atoms with van der Waals surface area (Å²) >= 11 is 0. The molecule has 1 N–H and O–H groups in total. The molecule has 108 valence electrons. The lowest BCUT2D eigenvalue weighted by Gasteiger charge is -2.10. The largest absolute Gasteiger partial charge is 0.481 e. The van der Waals surface area contributed by atoms with E-state index in [0.717, 1.165) is 0 Å². The third-order valence-corrected chi connectivity index (χ3v) is 2.92. The van der Waals surface area contributed by atoms with Crippen LogP contribution in [-0.2, 0) is 11.2 Å². The van der Waals surface area contributed by atoms with E-state index in [0.29, 0.717) is 22.6 Å². The van der Waals surface area contributed by atoms with Crippen molar-refractivity contribution in [2.45, 2.75) is 13.3 Å². The first-order valence-electron chi connectivity index (χ1n) is 6.20. The Bertz CT molecular complexity index is 696. The van der Waals surface area contributed by atoms with E-state index in [1.54, 1.807) is 43.3 Å². The van der Waals surface area contributed by atoms with Crippen molar-refractivity contribution in [3.05, 3.63) is 63.7 Å². The van der Waals surface area contributed by atoms with Crippen molar-refractivity contribution < 1.29 is 19.6 Å². The zero-order valence-electron chi connectivity index (χ0n) is 11.3. The first-order chi connectivity index (χ1) is 9.97. The third-order valence-electron chi connectivity index (χ3n) is 2.92. The van der Waals surface area contributed by atoms with E-state index in [1.807, 2.05) is 0 Å². The lowest BCUT2D eigenvalue weighted by molar-refractivity contribution is -0.385. The molecule has 0 aliphatic heterocycles. The molecular formula is C15H13NO5. The highest BCUT2D eigenvalue weighted by atomic mass is 16.6. The highest BCUT2D eigenvalue weighted by Crippen LogP contribution is 2.29. The minimum Gasteiger partial charge on any atom is -0.481 e. The van der Waals surface area contributed by atoms with Crippen molar-refractivity contribution in [3.8, 4) is 11.5 Å². The lowest BCUT2D eigenvalue weighted by atomic mass is 10.1. The number of carboxylic acids is 1. The topological polar surface area (TPSA) is 89.7 Å². The highest BCUT2D eigenvalue weighted by molar-refractivity contribution is 5.71. The molecule has 2 aromatic rings. The molecule has 2 rings (SSSR count). The normalized spacial score (nSPS) is 10.1. The number of carboxylic acid groups (broad SMARTS) is 1. The van der Waals surface area contributed by atoms with Crippen molar-refractivity contribution in [2.75, 3.05) is 0 Å². The van der Waals surface area contributed by atoms with E-state index in [2.05, 4.69) is 0 Å². The Kier molecular flexibility index (Phi) is 4.18.